The molecule has 4 rings (SSSR count). The Morgan fingerprint density at radius 3 is 2.33 bits per heavy atom. The first-order chi connectivity index (χ1) is 22.2. The van der Waals surface area contributed by atoms with Crippen LogP contribution >= 0.6 is 0 Å². The number of allylic oxidation sites excluding steroid dienone is 7. The Hall–Kier alpha value is -4.73. The van der Waals surface area contributed by atoms with Gasteiger partial charge in [0.2, 0.25) is 17.4 Å². The van der Waals surface area contributed by atoms with E-state index in [1.165, 1.54) is 19.1 Å². The summed E-state index contributed by atoms with van der Waals surface area (Å²) in [6, 6.07) is 6.79. The van der Waals surface area contributed by atoms with Gasteiger partial charge in [0.15, 0.2) is 17.4 Å². The number of nitrogens with one attached hydrogen (secondary N) is 1. The van der Waals surface area contributed by atoms with Crippen LogP contribution in [0.1, 0.15) is 78.1 Å². The first kappa shape index (κ1) is 34.1. The molecule has 2 aromatic rings. The zero-order valence-corrected chi connectivity index (χ0v) is 25.4. The van der Waals surface area contributed by atoms with E-state index in [9.17, 15) is 31.9 Å². The molecule has 0 radical (unpaired) electrons. The molecular formula is C36H35F4NO5. The Bertz CT molecular complexity index is 1590. The summed E-state index contributed by atoms with van der Waals surface area (Å²) in [4.78, 5) is 37.1. The van der Waals surface area contributed by atoms with Crippen LogP contribution in [-0.2, 0) is 16.1 Å². The lowest BCUT2D eigenvalue weighted by Crippen LogP contribution is -2.29. The highest BCUT2D eigenvalue weighted by atomic mass is 19.2. The Labute approximate surface area is 265 Å². The second-order valence-electron chi connectivity index (χ2n) is 11.0. The van der Waals surface area contributed by atoms with Crippen molar-refractivity contribution in [3.8, 4) is 5.75 Å². The van der Waals surface area contributed by atoms with Gasteiger partial charge in [0, 0.05) is 18.5 Å². The number of ketones is 1. The lowest BCUT2D eigenvalue weighted by molar-refractivity contribution is -0.138. The Morgan fingerprint density at radius 1 is 0.891 bits per heavy atom. The van der Waals surface area contributed by atoms with E-state index in [2.05, 4.69) is 5.32 Å². The lowest BCUT2D eigenvalue weighted by atomic mass is 9.99. The average Bonchev–Trinajstić information content (AvgIpc) is 3.05. The van der Waals surface area contributed by atoms with Gasteiger partial charge in [-0.15, -0.1) is 0 Å². The normalized spacial score (nSPS) is 18.7. The number of hydrogen-bond donors (Lipinski definition) is 1. The van der Waals surface area contributed by atoms with E-state index in [4.69, 9.17) is 9.47 Å². The molecule has 0 saturated carbocycles. The highest BCUT2D eigenvalue weighted by Crippen LogP contribution is 2.32. The monoisotopic (exact) mass is 637 g/mol. The predicted octanol–water partition coefficient (Wildman–Crippen LogP) is 8.15. The topological polar surface area (TPSA) is 81.7 Å². The molecule has 0 aromatic heterocycles. The maximum atomic E-state index is 15.0. The molecule has 6 nitrogen and oxygen atoms in total. The van der Waals surface area contributed by atoms with Gasteiger partial charge in [-0.1, -0.05) is 73.6 Å². The molecule has 0 spiro atoms. The number of halogens is 4. The number of amides is 1. The van der Waals surface area contributed by atoms with Crippen molar-refractivity contribution in [1.29, 1.82) is 0 Å². The molecule has 0 bridgehead atoms. The van der Waals surface area contributed by atoms with Gasteiger partial charge in [0.25, 0.3) is 5.91 Å². The number of rotatable bonds is 9. The van der Waals surface area contributed by atoms with Crippen LogP contribution in [0.25, 0.3) is 0 Å². The van der Waals surface area contributed by atoms with Crippen molar-refractivity contribution in [1.82, 2.24) is 5.32 Å². The molecule has 0 aliphatic heterocycles. The SMILES string of the molecule is CC(=O)c1cccc(COC2=CC=CC(C(=O)Oc3c(F)c(F)c(C(=O)NC/C4=C/C=C/CCCCCCC=C4)c(F)c3F)C2)c1. The van der Waals surface area contributed by atoms with Crippen LogP contribution < -0.4 is 10.1 Å². The van der Waals surface area contributed by atoms with Crippen molar-refractivity contribution < 1.29 is 41.4 Å². The maximum Gasteiger partial charge on any atom is 0.318 e. The molecule has 10 heteroatoms. The molecule has 1 N–H and O–H groups in total. The van der Waals surface area contributed by atoms with Gasteiger partial charge in [0.1, 0.15) is 12.2 Å². The number of Topliss-reactive ketones (excluding diaryl/α,β-unsaturated/α-hetero) is 1. The van der Waals surface area contributed by atoms with E-state index in [1.807, 2.05) is 18.2 Å². The van der Waals surface area contributed by atoms with Crippen molar-refractivity contribution >= 4 is 17.7 Å². The van der Waals surface area contributed by atoms with E-state index < -0.39 is 52.4 Å². The van der Waals surface area contributed by atoms with E-state index in [0.29, 0.717) is 22.5 Å². The summed E-state index contributed by atoms with van der Waals surface area (Å²) in [6.07, 6.45) is 19.6. The Balaban J connectivity index is 1.41. The van der Waals surface area contributed by atoms with Crippen LogP contribution in [0, 0.1) is 29.2 Å². The van der Waals surface area contributed by atoms with Gasteiger partial charge in [-0.2, -0.15) is 8.78 Å². The molecule has 242 valence electrons. The standard InChI is InChI=1S/C36H35F4NO5/c1-23(42)26-16-11-15-25(19-26)22-45-28-18-12-17-27(20-28)36(44)46-34-32(39)30(37)29(31(38)33(34)40)35(43)41-21-24-13-9-7-5-3-2-4-6-8-10-14-24/h7,9-19,27H,2-6,8,20-22H2,1H3,(H,41,43)/b9-7+,14-10?,24-13+. The smallest absolute Gasteiger partial charge is 0.318 e. The highest BCUT2D eigenvalue weighted by molar-refractivity contribution is 5.95. The molecule has 2 aromatic carbocycles. The summed E-state index contributed by atoms with van der Waals surface area (Å²) in [5.74, 6) is -13.0. The molecule has 1 atom stereocenters. The minimum absolute atomic E-state index is 0.0596. The minimum atomic E-state index is -2.01. The highest BCUT2D eigenvalue weighted by Gasteiger charge is 2.33. The van der Waals surface area contributed by atoms with Crippen molar-refractivity contribution in [2.75, 3.05) is 6.54 Å². The van der Waals surface area contributed by atoms with Crippen molar-refractivity contribution in [3.05, 3.63) is 124 Å². The molecule has 2 aliphatic rings. The first-order valence-electron chi connectivity index (χ1n) is 15.1. The summed E-state index contributed by atoms with van der Waals surface area (Å²) >= 11 is 0. The molecule has 1 amide bonds. The van der Waals surface area contributed by atoms with Crippen molar-refractivity contribution in [3.63, 3.8) is 0 Å². The van der Waals surface area contributed by atoms with Crippen LogP contribution in [0.4, 0.5) is 17.6 Å². The van der Waals surface area contributed by atoms with Crippen LogP contribution in [0.15, 0.2) is 84.2 Å². The molecular weight excluding hydrogens is 602 g/mol. The summed E-state index contributed by atoms with van der Waals surface area (Å²) in [5.41, 5.74) is 0.367. The van der Waals surface area contributed by atoms with Crippen LogP contribution in [0.5, 0.6) is 5.75 Å². The zero-order chi connectivity index (χ0) is 33.1. The first-order valence-corrected chi connectivity index (χ1v) is 15.1. The molecule has 1 unspecified atom stereocenters. The summed E-state index contributed by atoms with van der Waals surface area (Å²) in [5, 5.41) is 2.31. The van der Waals surface area contributed by atoms with E-state index in [0.717, 1.165) is 38.5 Å². The molecule has 46 heavy (non-hydrogen) atoms. The quantitative estimate of drug-likeness (QED) is 0.0987. The van der Waals surface area contributed by atoms with Gasteiger partial charge >= 0.3 is 5.97 Å². The minimum Gasteiger partial charge on any atom is -0.493 e. The maximum absolute atomic E-state index is 15.0. The van der Waals surface area contributed by atoms with Crippen molar-refractivity contribution in [2.45, 2.75) is 58.5 Å². The number of benzene rings is 2. The summed E-state index contributed by atoms with van der Waals surface area (Å²) < 4.78 is 70.4. The second-order valence-corrected chi connectivity index (χ2v) is 11.0. The lowest BCUT2D eigenvalue weighted by Gasteiger charge is -2.19. The Morgan fingerprint density at radius 2 is 1.61 bits per heavy atom. The third kappa shape index (κ3) is 9.15. The van der Waals surface area contributed by atoms with Crippen LogP contribution in [0.3, 0.4) is 0 Å². The third-order valence-electron chi connectivity index (χ3n) is 7.48. The predicted molar refractivity (Wildman–Crippen MR) is 165 cm³/mol. The third-order valence-corrected chi connectivity index (χ3v) is 7.48. The number of carbonyl (C=O) groups is 3. The van der Waals surface area contributed by atoms with Gasteiger partial charge in [-0.05, 0) is 55.9 Å². The fourth-order valence-corrected chi connectivity index (χ4v) is 4.90. The van der Waals surface area contributed by atoms with E-state index >= 15 is 0 Å². The van der Waals surface area contributed by atoms with E-state index in [-0.39, 0.29) is 25.4 Å². The van der Waals surface area contributed by atoms with Crippen molar-refractivity contribution in [2.24, 2.45) is 5.92 Å². The largest absolute Gasteiger partial charge is 0.493 e. The average molecular weight is 638 g/mol. The zero-order valence-electron chi connectivity index (χ0n) is 25.4. The summed E-state index contributed by atoms with van der Waals surface area (Å²) in [7, 11) is 0. The molecule has 2 aliphatic carbocycles. The van der Waals surface area contributed by atoms with E-state index in [1.54, 1.807) is 42.5 Å². The number of carbonyl (C=O) groups excluding carboxylic acids is 3. The van der Waals surface area contributed by atoms with Gasteiger partial charge in [-0.3, -0.25) is 14.4 Å². The number of ether oxygens (including phenoxy) is 2. The fourth-order valence-electron chi connectivity index (χ4n) is 4.90. The summed E-state index contributed by atoms with van der Waals surface area (Å²) in [6.45, 7) is 1.37. The van der Waals surface area contributed by atoms with Gasteiger partial charge in [0.05, 0.1) is 11.7 Å². The Kier molecular flexibility index (Phi) is 12.3. The fraction of sp³-hybridized carbons (Fsp3) is 0.306. The molecule has 0 heterocycles. The van der Waals surface area contributed by atoms with Gasteiger partial charge < -0.3 is 14.8 Å². The second kappa shape index (κ2) is 16.5. The van der Waals surface area contributed by atoms with Crippen LogP contribution in [0.2, 0.25) is 0 Å². The number of esters is 1. The molecule has 0 fully saturated rings. The number of hydrogen-bond acceptors (Lipinski definition) is 5. The van der Waals surface area contributed by atoms with Crippen LogP contribution in [-0.4, -0.2) is 24.2 Å². The van der Waals surface area contributed by atoms with Gasteiger partial charge in [-0.25, -0.2) is 8.78 Å². The molecule has 0 saturated heterocycles.